The van der Waals surface area contributed by atoms with E-state index in [9.17, 15) is 20.2 Å². The number of nitrogens with zero attached hydrogens (tertiary/aromatic N) is 2. The number of non-ortho nitro benzene ring substituents is 2. The molecule has 0 radical (unpaired) electrons. The lowest BCUT2D eigenvalue weighted by Gasteiger charge is -2.25. The van der Waals surface area contributed by atoms with E-state index in [1.165, 1.54) is 12.1 Å². The molecule has 0 fully saturated rings. The van der Waals surface area contributed by atoms with Gasteiger partial charge in [0.25, 0.3) is 11.4 Å². The lowest BCUT2D eigenvalue weighted by Crippen LogP contribution is -2.04. The molecule has 2 unspecified atom stereocenters. The lowest BCUT2D eigenvalue weighted by atomic mass is 10.1. The van der Waals surface area contributed by atoms with Gasteiger partial charge in [0.1, 0.15) is 0 Å². The van der Waals surface area contributed by atoms with Gasteiger partial charge in [-0.2, -0.15) is 0 Å². The van der Waals surface area contributed by atoms with Gasteiger partial charge in [-0.1, -0.05) is 62.7 Å². The smallest absolute Gasteiger partial charge is 0.258 e. The summed E-state index contributed by atoms with van der Waals surface area (Å²) in [6.07, 6.45) is 5.38. The summed E-state index contributed by atoms with van der Waals surface area (Å²) in [6, 6.07) is 9.02. The molecule has 31 heavy (non-hydrogen) atoms. The molecule has 168 valence electrons. The Kier molecular flexibility index (Phi) is 10.1. The van der Waals surface area contributed by atoms with Gasteiger partial charge in [0.15, 0.2) is 0 Å². The van der Waals surface area contributed by atoms with Gasteiger partial charge in [-0.25, -0.2) is 0 Å². The third kappa shape index (κ3) is 7.09. The van der Waals surface area contributed by atoms with Crippen LogP contribution in [-0.2, 0) is 0 Å². The minimum atomic E-state index is -0.423. The molecule has 0 aliphatic rings. The second-order valence-corrected chi connectivity index (χ2v) is 9.55. The lowest BCUT2D eigenvalue weighted by molar-refractivity contribution is -0.385. The molecule has 2 aromatic carbocycles. The second-order valence-electron chi connectivity index (χ2n) is 7.32. The SMILES string of the molecule is CCCCC(SC(CCCC)c1cc([N+](=O)[O-])ccc1Cl)c1cc([N+](=O)[O-])ccc1Cl. The Hall–Kier alpha value is -1.83. The van der Waals surface area contributed by atoms with Crippen LogP contribution >= 0.6 is 35.0 Å². The standard InChI is InChI=1S/C22H26Cl2N2O4S/c1-3-5-7-21(17-13-15(25(27)28)9-11-19(17)23)31-22(8-6-4-2)18-14-16(26(29)30)10-12-20(18)24/h9-14,21-22H,3-8H2,1-2H3. The number of benzene rings is 2. The molecule has 0 saturated heterocycles. The summed E-state index contributed by atoms with van der Waals surface area (Å²) in [4.78, 5) is 21.8. The van der Waals surface area contributed by atoms with Gasteiger partial charge in [0, 0.05) is 44.8 Å². The summed E-state index contributed by atoms with van der Waals surface area (Å²) in [7, 11) is 0. The minimum absolute atomic E-state index is 0.0000111. The first-order valence-electron chi connectivity index (χ1n) is 10.3. The van der Waals surface area contributed by atoms with Crippen molar-refractivity contribution in [3.8, 4) is 0 Å². The maximum atomic E-state index is 11.3. The van der Waals surface area contributed by atoms with E-state index >= 15 is 0 Å². The van der Waals surface area contributed by atoms with Gasteiger partial charge >= 0.3 is 0 Å². The number of hydrogen-bond donors (Lipinski definition) is 0. The summed E-state index contributed by atoms with van der Waals surface area (Å²) in [5, 5.41) is 23.4. The fourth-order valence-corrected chi connectivity index (χ4v) is 5.67. The van der Waals surface area contributed by atoms with Crippen molar-refractivity contribution in [3.63, 3.8) is 0 Å². The van der Waals surface area contributed by atoms with Gasteiger partial charge in [0.05, 0.1) is 9.85 Å². The number of nitro groups is 2. The van der Waals surface area contributed by atoms with Crippen LogP contribution < -0.4 is 0 Å². The van der Waals surface area contributed by atoms with Crippen molar-refractivity contribution in [1.29, 1.82) is 0 Å². The first-order valence-corrected chi connectivity index (χ1v) is 12.0. The Bertz CT molecular complexity index is 853. The van der Waals surface area contributed by atoms with Crippen molar-refractivity contribution in [2.75, 3.05) is 0 Å². The maximum Gasteiger partial charge on any atom is 0.269 e. The Morgan fingerprint density at radius 2 is 1.19 bits per heavy atom. The number of halogens is 2. The molecule has 2 rings (SSSR count). The van der Waals surface area contributed by atoms with Gasteiger partial charge in [-0.3, -0.25) is 20.2 Å². The van der Waals surface area contributed by atoms with Crippen LogP contribution in [0.25, 0.3) is 0 Å². The van der Waals surface area contributed by atoms with Crippen LogP contribution in [0.2, 0.25) is 10.0 Å². The Labute approximate surface area is 196 Å². The van der Waals surface area contributed by atoms with E-state index in [2.05, 4.69) is 13.8 Å². The van der Waals surface area contributed by atoms with Crippen LogP contribution in [0.4, 0.5) is 11.4 Å². The zero-order valence-electron chi connectivity index (χ0n) is 17.6. The highest BCUT2D eigenvalue weighted by molar-refractivity contribution is 7.99. The molecule has 0 N–H and O–H groups in total. The third-order valence-corrected chi connectivity index (χ3v) is 7.37. The molecule has 6 nitrogen and oxygen atoms in total. The molecule has 0 aromatic heterocycles. The molecular weight excluding hydrogens is 459 g/mol. The largest absolute Gasteiger partial charge is 0.269 e. The molecule has 0 aliphatic heterocycles. The molecule has 9 heteroatoms. The Morgan fingerprint density at radius 3 is 1.52 bits per heavy atom. The zero-order chi connectivity index (χ0) is 23.0. The van der Waals surface area contributed by atoms with Gasteiger partial charge in [-0.05, 0) is 36.1 Å². The highest BCUT2D eigenvalue weighted by Gasteiger charge is 2.26. The van der Waals surface area contributed by atoms with Crippen LogP contribution in [-0.4, -0.2) is 9.85 Å². The average molecular weight is 485 g/mol. The van der Waals surface area contributed by atoms with Crippen molar-refractivity contribution in [1.82, 2.24) is 0 Å². The number of unbranched alkanes of at least 4 members (excludes halogenated alkanes) is 2. The van der Waals surface area contributed by atoms with E-state index in [0.29, 0.717) is 10.0 Å². The summed E-state index contributed by atoms with van der Waals surface area (Å²) in [5.74, 6) is 0. The number of hydrogen-bond acceptors (Lipinski definition) is 5. The van der Waals surface area contributed by atoms with E-state index in [-0.39, 0.29) is 21.9 Å². The predicted molar refractivity (Wildman–Crippen MR) is 128 cm³/mol. The molecule has 0 spiro atoms. The monoisotopic (exact) mass is 484 g/mol. The summed E-state index contributed by atoms with van der Waals surface area (Å²) >= 11 is 14.5. The van der Waals surface area contributed by atoms with Crippen molar-refractivity contribution >= 4 is 46.3 Å². The molecule has 0 amide bonds. The van der Waals surface area contributed by atoms with E-state index in [0.717, 1.165) is 49.7 Å². The minimum Gasteiger partial charge on any atom is -0.258 e. The highest BCUT2D eigenvalue weighted by atomic mass is 35.5. The Balaban J connectivity index is 2.48. The predicted octanol–water partition coefficient (Wildman–Crippen LogP) is 8.71. The highest BCUT2D eigenvalue weighted by Crippen LogP contribution is 2.49. The molecule has 2 aromatic rings. The molecular formula is C22H26Cl2N2O4S. The summed E-state index contributed by atoms with van der Waals surface area (Å²) < 4.78 is 0. The molecule has 2 atom stereocenters. The van der Waals surface area contributed by atoms with Crippen LogP contribution in [0, 0.1) is 20.2 Å². The summed E-state index contributed by atoms with van der Waals surface area (Å²) in [6.45, 7) is 4.17. The van der Waals surface area contributed by atoms with Crippen LogP contribution in [0.3, 0.4) is 0 Å². The van der Waals surface area contributed by atoms with Crippen LogP contribution in [0.15, 0.2) is 36.4 Å². The second kappa shape index (κ2) is 12.3. The topological polar surface area (TPSA) is 86.3 Å². The number of nitro benzene ring substituents is 2. The van der Waals surface area contributed by atoms with Crippen molar-refractivity contribution < 1.29 is 9.85 Å². The quantitative estimate of drug-likeness (QED) is 0.222. The fourth-order valence-electron chi connectivity index (χ4n) is 3.35. The fraction of sp³-hybridized carbons (Fsp3) is 0.455. The first kappa shape index (κ1) is 25.4. The normalized spacial score (nSPS) is 13.0. The molecule has 0 bridgehead atoms. The first-order chi connectivity index (χ1) is 14.8. The third-order valence-electron chi connectivity index (χ3n) is 5.04. The van der Waals surface area contributed by atoms with Gasteiger partial charge < -0.3 is 0 Å². The van der Waals surface area contributed by atoms with Gasteiger partial charge in [-0.15, -0.1) is 11.8 Å². The maximum absolute atomic E-state index is 11.3. The zero-order valence-corrected chi connectivity index (χ0v) is 19.9. The van der Waals surface area contributed by atoms with E-state index in [1.54, 1.807) is 36.0 Å². The van der Waals surface area contributed by atoms with Crippen LogP contribution in [0.5, 0.6) is 0 Å². The van der Waals surface area contributed by atoms with Crippen molar-refractivity contribution in [3.05, 3.63) is 77.8 Å². The van der Waals surface area contributed by atoms with Gasteiger partial charge in [0.2, 0.25) is 0 Å². The molecule has 0 heterocycles. The van der Waals surface area contributed by atoms with Crippen molar-refractivity contribution in [2.45, 2.75) is 62.9 Å². The van der Waals surface area contributed by atoms with E-state index in [4.69, 9.17) is 23.2 Å². The van der Waals surface area contributed by atoms with E-state index in [1.807, 2.05) is 0 Å². The summed E-state index contributed by atoms with van der Waals surface area (Å²) in [5.41, 5.74) is 1.44. The Morgan fingerprint density at radius 1 is 0.806 bits per heavy atom. The molecule has 0 saturated carbocycles. The van der Waals surface area contributed by atoms with E-state index < -0.39 is 9.85 Å². The van der Waals surface area contributed by atoms with Crippen LogP contribution in [0.1, 0.15) is 74.0 Å². The molecule has 0 aliphatic carbocycles. The number of rotatable bonds is 12. The number of thioether (sulfide) groups is 1. The van der Waals surface area contributed by atoms with Crippen molar-refractivity contribution in [2.24, 2.45) is 0 Å². The average Bonchev–Trinajstić information content (AvgIpc) is 2.74.